The monoisotopic (exact) mass is 487 g/mol. The molecule has 1 fully saturated rings. The van der Waals surface area contributed by atoms with E-state index in [9.17, 15) is 23.1 Å². The summed E-state index contributed by atoms with van der Waals surface area (Å²) in [6.07, 6.45) is -3.96. The normalized spacial score (nSPS) is 23.1. The van der Waals surface area contributed by atoms with Crippen molar-refractivity contribution in [2.45, 2.75) is 57.9 Å². The van der Waals surface area contributed by atoms with E-state index in [-0.39, 0.29) is 28.7 Å². The minimum Gasteiger partial charge on any atom is -0.389 e. The van der Waals surface area contributed by atoms with Crippen molar-refractivity contribution >= 4 is 23.1 Å². The van der Waals surface area contributed by atoms with E-state index in [2.05, 4.69) is 16.5 Å². The fourth-order valence-corrected chi connectivity index (χ4v) is 6.04. The summed E-state index contributed by atoms with van der Waals surface area (Å²) in [6, 6.07) is 9.80. The molecule has 1 aliphatic carbocycles. The third-order valence-corrected chi connectivity index (χ3v) is 7.69. The first-order valence-corrected chi connectivity index (χ1v) is 11.9. The van der Waals surface area contributed by atoms with Crippen molar-refractivity contribution in [1.82, 2.24) is 9.59 Å². The lowest BCUT2D eigenvalue weighted by atomic mass is 9.57. The van der Waals surface area contributed by atoms with Gasteiger partial charge < -0.3 is 10.0 Å². The van der Waals surface area contributed by atoms with Gasteiger partial charge in [-0.1, -0.05) is 23.5 Å². The number of fused-ring (bicyclic) bond motifs is 1. The summed E-state index contributed by atoms with van der Waals surface area (Å²) in [7, 11) is 0. The molecule has 178 valence electrons. The van der Waals surface area contributed by atoms with Crippen LogP contribution < -0.4 is 4.90 Å². The van der Waals surface area contributed by atoms with Gasteiger partial charge in [0.1, 0.15) is 0 Å². The molecule has 5 nitrogen and oxygen atoms in total. The van der Waals surface area contributed by atoms with E-state index in [0.29, 0.717) is 11.6 Å². The van der Waals surface area contributed by atoms with Crippen LogP contribution in [-0.4, -0.2) is 20.6 Å². The summed E-state index contributed by atoms with van der Waals surface area (Å²) in [4.78, 5) is 15.7. The Hall–Kier alpha value is -2.78. The average molecular weight is 488 g/mol. The quantitative estimate of drug-likeness (QED) is 0.506. The number of aliphatic hydroxyl groups excluding tert-OH is 1. The number of halogens is 3. The third-order valence-electron chi connectivity index (χ3n) is 7.06. The molecule has 1 atom stereocenters. The van der Waals surface area contributed by atoms with Crippen LogP contribution in [0.2, 0.25) is 0 Å². The number of amides is 1. The Morgan fingerprint density at radius 2 is 1.97 bits per heavy atom. The lowest BCUT2D eigenvalue weighted by molar-refractivity contribution is -0.138. The van der Waals surface area contributed by atoms with E-state index in [4.69, 9.17) is 0 Å². The van der Waals surface area contributed by atoms with Crippen LogP contribution in [0.4, 0.5) is 18.9 Å². The van der Waals surface area contributed by atoms with Gasteiger partial charge >= 0.3 is 6.18 Å². The molecule has 1 N–H and O–H groups in total. The lowest BCUT2D eigenvalue weighted by Crippen LogP contribution is -2.42. The topological polar surface area (TPSA) is 66.3 Å². The Balaban J connectivity index is 1.57. The molecule has 1 aliphatic heterocycles. The summed E-state index contributed by atoms with van der Waals surface area (Å²) >= 11 is 1.35. The SMILES string of the molecule is Cc1snnc1C1(c2cccc(N3Cc4c(cc(C(C)O)cc4C(F)(F)F)C3=O)c2)CC(C)C1. The van der Waals surface area contributed by atoms with Crippen molar-refractivity contribution in [2.75, 3.05) is 4.90 Å². The first-order chi connectivity index (χ1) is 16.0. The van der Waals surface area contributed by atoms with Crippen molar-refractivity contribution in [3.8, 4) is 0 Å². The molecule has 1 saturated carbocycles. The first kappa shape index (κ1) is 23.0. The first-order valence-electron chi connectivity index (χ1n) is 11.1. The maximum absolute atomic E-state index is 13.8. The fraction of sp³-hybridized carbons (Fsp3) is 0.400. The molecule has 1 unspecified atom stereocenters. The predicted octanol–water partition coefficient (Wildman–Crippen LogP) is 5.80. The highest BCUT2D eigenvalue weighted by Gasteiger charge is 2.48. The summed E-state index contributed by atoms with van der Waals surface area (Å²) in [5.41, 5.74) is 1.30. The van der Waals surface area contributed by atoms with E-state index in [1.807, 2.05) is 25.1 Å². The fourth-order valence-electron chi connectivity index (χ4n) is 5.47. The predicted molar refractivity (Wildman–Crippen MR) is 123 cm³/mol. The minimum atomic E-state index is -4.63. The summed E-state index contributed by atoms with van der Waals surface area (Å²) in [5.74, 6) is 0.0124. The van der Waals surface area contributed by atoms with Crippen molar-refractivity contribution in [3.63, 3.8) is 0 Å². The maximum Gasteiger partial charge on any atom is 0.416 e. The second-order valence-electron chi connectivity index (χ2n) is 9.48. The maximum atomic E-state index is 13.8. The van der Waals surface area contributed by atoms with Crippen LogP contribution in [0.1, 0.15) is 76.0 Å². The second kappa shape index (κ2) is 7.88. The number of hydrogen-bond donors (Lipinski definition) is 1. The van der Waals surface area contributed by atoms with Crippen molar-refractivity contribution in [2.24, 2.45) is 5.92 Å². The Morgan fingerprint density at radius 1 is 1.24 bits per heavy atom. The van der Waals surface area contributed by atoms with Crippen LogP contribution in [0, 0.1) is 12.8 Å². The van der Waals surface area contributed by atoms with Crippen LogP contribution in [0.25, 0.3) is 0 Å². The Kier molecular flexibility index (Phi) is 5.33. The number of aromatic nitrogens is 2. The summed E-state index contributed by atoms with van der Waals surface area (Å²) < 4.78 is 45.6. The molecule has 2 aromatic carbocycles. The summed E-state index contributed by atoms with van der Waals surface area (Å²) in [5, 5.41) is 14.3. The number of nitrogens with zero attached hydrogens (tertiary/aromatic N) is 3. The van der Waals surface area contributed by atoms with Gasteiger partial charge in [0, 0.05) is 21.5 Å². The van der Waals surface area contributed by atoms with Gasteiger partial charge in [-0.05, 0) is 85.1 Å². The molecular formula is C25H24F3N3O2S. The Labute approximate surface area is 199 Å². The van der Waals surface area contributed by atoms with E-state index in [1.54, 1.807) is 6.07 Å². The zero-order chi connectivity index (χ0) is 24.4. The largest absolute Gasteiger partial charge is 0.416 e. The number of anilines is 1. The summed E-state index contributed by atoms with van der Waals surface area (Å²) in [6.45, 7) is 5.38. The molecule has 0 bridgehead atoms. The van der Waals surface area contributed by atoms with Gasteiger partial charge in [0.2, 0.25) is 0 Å². The van der Waals surface area contributed by atoms with Gasteiger partial charge in [-0.2, -0.15) is 13.2 Å². The third kappa shape index (κ3) is 3.53. The van der Waals surface area contributed by atoms with Crippen molar-refractivity contribution in [1.29, 1.82) is 0 Å². The standard InChI is InChI=1S/C25H24F3N3O2S/c1-13-10-24(11-13,22-15(3)34-30-29-22)17-5-4-6-18(9-17)31-12-20-19(23(31)33)7-16(14(2)32)8-21(20)25(26,27)28/h4-9,13-14,32H,10-12H2,1-3H3. The number of hydrogen-bond acceptors (Lipinski definition) is 5. The van der Waals surface area contributed by atoms with E-state index in [1.165, 1.54) is 29.4 Å². The molecule has 0 spiro atoms. The van der Waals surface area contributed by atoms with Crippen molar-refractivity contribution < 1.29 is 23.1 Å². The van der Waals surface area contributed by atoms with E-state index in [0.717, 1.165) is 35.0 Å². The Morgan fingerprint density at radius 3 is 2.56 bits per heavy atom. The molecule has 3 aromatic rings. The van der Waals surface area contributed by atoms with Gasteiger partial charge in [-0.25, -0.2) is 0 Å². The second-order valence-corrected chi connectivity index (χ2v) is 10.4. The number of carbonyl (C=O) groups excluding carboxylic acids is 1. The Bertz CT molecular complexity index is 1280. The molecule has 2 aliphatic rings. The van der Waals surface area contributed by atoms with Crippen LogP contribution in [0.5, 0.6) is 0 Å². The van der Waals surface area contributed by atoms with Crippen LogP contribution in [0.15, 0.2) is 36.4 Å². The number of carbonyl (C=O) groups is 1. The highest BCUT2D eigenvalue weighted by molar-refractivity contribution is 7.05. The molecule has 34 heavy (non-hydrogen) atoms. The molecule has 9 heteroatoms. The smallest absolute Gasteiger partial charge is 0.389 e. The highest BCUT2D eigenvalue weighted by Crippen LogP contribution is 2.53. The number of rotatable bonds is 4. The van der Waals surface area contributed by atoms with E-state index >= 15 is 0 Å². The van der Waals surface area contributed by atoms with Gasteiger partial charge in [0.25, 0.3) is 5.91 Å². The molecule has 1 aromatic heterocycles. The molecule has 2 heterocycles. The molecule has 1 amide bonds. The lowest BCUT2D eigenvalue weighted by Gasteiger charge is -2.46. The van der Waals surface area contributed by atoms with Crippen LogP contribution in [0.3, 0.4) is 0 Å². The minimum absolute atomic E-state index is 0.0114. The molecule has 5 rings (SSSR count). The number of aliphatic hydroxyl groups is 1. The van der Waals surface area contributed by atoms with Crippen LogP contribution >= 0.6 is 11.5 Å². The molecular weight excluding hydrogens is 463 g/mol. The average Bonchev–Trinajstić information content (AvgIpc) is 3.33. The van der Waals surface area contributed by atoms with Gasteiger partial charge in [0.05, 0.1) is 23.9 Å². The van der Waals surface area contributed by atoms with Gasteiger partial charge in [-0.15, -0.1) is 5.10 Å². The zero-order valence-corrected chi connectivity index (χ0v) is 19.8. The van der Waals surface area contributed by atoms with E-state index < -0.39 is 23.8 Å². The van der Waals surface area contributed by atoms with Gasteiger partial charge in [-0.3, -0.25) is 4.79 Å². The highest BCUT2D eigenvalue weighted by atomic mass is 32.1. The molecule has 0 radical (unpaired) electrons. The van der Waals surface area contributed by atoms with Crippen molar-refractivity contribution in [3.05, 3.63) is 74.8 Å². The molecule has 0 saturated heterocycles. The van der Waals surface area contributed by atoms with Crippen LogP contribution in [-0.2, 0) is 18.1 Å². The van der Waals surface area contributed by atoms with Gasteiger partial charge in [0.15, 0.2) is 0 Å². The number of alkyl halides is 3. The number of benzene rings is 2. The zero-order valence-electron chi connectivity index (χ0n) is 19.0. The number of aryl methyl sites for hydroxylation is 1.